The lowest BCUT2D eigenvalue weighted by molar-refractivity contribution is -0.306. The predicted octanol–water partition coefficient (Wildman–Crippen LogP) is -10.00. The lowest BCUT2D eigenvalue weighted by Crippen LogP contribution is -2.68. The Labute approximate surface area is 840 Å². The summed E-state index contributed by atoms with van der Waals surface area (Å²) in [7, 11) is 0. The number of benzene rings is 3. The van der Waals surface area contributed by atoms with Crippen LogP contribution in [0.15, 0.2) is 60.7 Å². The molecule has 2 aliphatic carbocycles. The number of hydrogen-bond acceptors (Lipinski definition) is 47. The second-order valence-electron chi connectivity index (χ2n) is 37.4. The SMILES string of the molecule is NCC1O[C@H](O[C@@H]2C(N)C[C@@H](N)C(O)C2OC2OC(CSCCNC(=S)NCCCN(CCCCCNC(=S)Nc3ccc(C4CC5(OC4=O)c4ccc(O)cc4Oc4cc(O)ccc45)cc3)CCCCNC(=S)NCCSCC3OC(OC4C(O)[C@H](N)CC(N)[C@H]4O[C@H]4OC(CN)[C@@H](O)C(O)C4N)C(O)C3O[C@H]3OC(CN)[C@@H](O)C(CO)C3N)C(O[C@H]3OC(CN)[C@@H](O)C(O)C3N)C2O)C(N)C(O)[C@@H]1O. The Kier molecular flexibility index (Phi) is 41.9. The molecule has 8 heterocycles. The van der Waals surface area contributed by atoms with Crippen molar-refractivity contribution in [2.24, 2.45) is 74.7 Å². The van der Waals surface area contributed by atoms with E-state index in [9.17, 15) is 76.3 Å². The number of aliphatic hydroxyl groups excluding tert-OH is 12. The Balaban J connectivity index is 0.586. The molecule has 7 saturated heterocycles. The highest BCUT2D eigenvalue weighted by atomic mass is 32.2. The van der Waals surface area contributed by atoms with Gasteiger partial charge in [0, 0.05) is 147 Å². The summed E-state index contributed by atoms with van der Waals surface area (Å²) >= 11 is 20.1. The summed E-state index contributed by atoms with van der Waals surface area (Å²) < 4.78 is 86.9. The summed E-state index contributed by atoms with van der Waals surface area (Å²) in [5.74, 6) is -0.175. The molecule has 27 unspecified atom stereocenters. The molecule has 13 rings (SSSR count). The number of phenols is 2. The molecule has 39 atom stereocenters. The van der Waals surface area contributed by atoms with Gasteiger partial charge in [0.1, 0.15) is 127 Å². The number of hydrogen-bond donors (Lipinski definition) is 32. The van der Waals surface area contributed by atoms with E-state index >= 15 is 0 Å². The van der Waals surface area contributed by atoms with Crippen LogP contribution in [0.3, 0.4) is 0 Å². The van der Waals surface area contributed by atoms with Crippen molar-refractivity contribution in [3.05, 3.63) is 77.4 Å². The number of aliphatic hydroxyl groups is 12. The number of anilines is 1. The van der Waals surface area contributed by atoms with Crippen molar-refractivity contribution in [1.82, 2.24) is 31.5 Å². The Hall–Kier alpha value is -5.18. The first-order valence-corrected chi connectivity index (χ1v) is 51.5. The highest BCUT2D eigenvalue weighted by molar-refractivity contribution is 7.99. The quantitative estimate of drug-likeness (QED) is 0.0142. The number of phenolic OH excluding ortho intramolecular Hbond substituents is 2. The van der Waals surface area contributed by atoms with Crippen molar-refractivity contribution in [2.75, 3.05) is 113 Å². The third-order valence-corrected chi connectivity index (χ3v) is 30.6. The van der Waals surface area contributed by atoms with Gasteiger partial charge in [0.05, 0.1) is 73.3 Å². The monoisotopic (exact) mass is 2090 g/mol. The number of nitrogens with one attached hydrogen (secondary N) is 6. The van der Waals surface area contributed by atoms with Gasteiger partial charge in [0.15, 0.2) is 58.7 Å². The van der Waals surface area contributed by atoms with Crippen LogP contribution in [0.2, 0.25) is 0 Å². The fourth-order valence-electron chi connectivity index (χ4n) is 19.5. The Morgan fingerprint density at radius 3 is 1.23 bits per heavy atom. The molecule has 8 aliphatic heterocycles. The van der Waals surface area contributed by atoms with Gasteiger partial charge < -0.3 is 243 Å². The third-order valence-electron chi connectivity index (χ3n) is 27.6. The normalized spacial score (nSPS) is 38.3. The van der Waals surface area contributed by atoms with E-state index in [4.69, 9.17) is 172 Å². The molecule has 0 radical (unpaired) electrons. The van der Waals surface area contributed by atoms with Crippen LogP contribution in [0.25, 0.3) is 0 Å². The first kappa shape index (κ1) is 113. The minimum absolute atomic E-state index is 0.0316. The van der Waals surface area contributed by atoms with Crippen LogP contribution >= 0.6 is 60.2 Å². The lowest BCUT2D eigenvalue weighted by atomic mass is 9.77. The molecule has 53 heteroatoms. The number of ether oxygens (including phenoxy) is 14. The average Bonchev–Trinajstić information content (AvgIpc) is 1.59. The van der Waals surface area contributed by atoms with Gasteiger partial charge in [-0.05, 0) is 143 Å². The first-order chi connectivity index (χ1) is 67.5. The van der Waals surface area contributed by atoms with E-state index < -0.39 is 256 Å². The molecule has 141 heavy (non-hydrogen) atoms. The van der Waals surface area contributed by atoms with Crippen molar-refractivity contribution in [1.29, 1.82) is 0 Å². The molecule has 10 aliphatic rings. The number of nitrogens with zero attached hydrogens (tertiary/aromatic N) is 1. The fourth-order valence-corrected chi connectivity index (χ4v) is 21.9. The zero-order valence-corrected chi connectivity index (χ0v) is 82.1. The second-order valence-corrected chi connectivity index (χ2v) is 41.0. The Bertz CT molecular complexity index is 4410. The molecule has 3 aromatic rings. The van der Waals surface area contributed by atoms with Gasteiger partial charge in [-0.15, -0.1) is 0 Å². The summed E-state index contributed by atoms with van der Waals surface area (Å²) in [5.41, 5.74) is 76.4. The van der Waals surface area contributed by atoms with Crippen LogP contribution in [-0.2, 0) is 72.0 Å². The van der Waals surface area contributed by atoms with E-state index in [0.717, 1.165) is 63.7 Å². The van der Waals surface area contributed by atoms with Crippen molar-refractivity contribution in [3.8, 4) is 23.0 Å². The maximum Gasteiger partial charge on any atom is 0.314 e. The molecule has 9 fully saturated rings. The molecule has 48 nitrogen and oxygen atoms in total. The van der Waals surface area contributed by atoms with Gasteiger partial charge in [0.2, 0.25) is 0 Å². The van der Waals surface area contributed by atoms with Crippen LogP contribution in [0.1, 0.15) is 80.4 Å². The lowest BCUT2D eigenvalue weighted by Gasteiger charge is -2.47. The number of carbonyl (C=O) groups excluding carboxylic acids is 1. The van der Waals surface area contributed by atoms with Crippen LogP contribution in [-0.4, -0.2) is 432 Å². The fraction of sp³-hybridized carbons (Fsp3) is 0.750. The number of esters is 1. The zero-order valence-electron chi connectivity index (χ0n) is 78.0. The van der Waals surface area contributed by atoms with E-state index in [2.05, 4.69) is 36.8 Å². The standard InChI is InChI=1S/C88H145N19O29S5/c89-30-51-61(111)42(34-108)57(97)79(124-51)132-74-55(128-83(70(74)120)134-76-62(112)45(93)27-47(95)72(76)130-80-58(98)67(117)64(114)52(31-90)125-80)35-140-23-18-104-85(137)101-16-3-5-21-107(20-4-1-2-15-103-87(139)106-38-9-7-37(8-10-38)41-29-88(136-78(41)122)43-13-11-39(109)25-49(43)123-50-26-40(110)12-14-44(50)88)22-6-17-102-86(138)105-19-24-141-36-56-75(133-82-60(100)69(119)66(116)54(33-92)127-82)71(121)84(129-56)135-77-63(113)46(94)28-48(96)73(77)131-81-59(99)68(118)65(115)53(32-91)126-81/h7-14,25-26,41-42,45-48,51-77,79-84,108-121H,1-6,15-24,27-36,89-100H2,(H2,101,104,137)(H2,102,105,138)(H2,103,106,139)/t41?,42?,45-,46-,47?,48?,51?,52?,53?,54?,55?,56?,57?,58?,59?,60?,61+,62?,63?,64-,65-,66-,67?,68?,69?,70?,71?,72-,73-,74?,75?,76?,77?,79-,80-,81-,82-,83?,84?/m1/s1. The number of unbranched alkanes of at least 4 members (excludes halogenated alkanes) is 3. The number of thiocarbonyl (C=S) groups is 3. The van der Waals surface area contributed by atoms with E-state index in [1.165, 1.54) is 47.8 Å². The second kappa shape index (κ2) is 52.3. The topological polar surface area (TPSA) is 817 Å². The Morgan fingerprint density at radius 2 is 0.787 bits per heavy atom. The van der Waals surface area contributed by atoms with Crippen molar-refractivity contribution >= 4 is 87.2 Å². The summed E-state index contributed by atoms with van der Waals surface area (Å²) in [5, 5.41) is 175. The van der Waals surface area contributed by atoms with E-state index in [1.54, 1.807) is 12.1 Å². The van der Waals surface area contributed by atoms with Gasteiger partial charge in [-0.3, -0.25) is 4.79 Å². The van der Waals surface area contributed by atoms with Gasteiger partial charge in [-0.25, -0.2) is 0 Å². The van der Waals surface area contributed by atoms with E-state index in [0.29, 0.717) is 87.9 Å². The van der Waals surface area contributed by atoms with Gasteiger partial charge in [-0.1, -0.05) is 18.6 Å². The van der Waals surface area contributed by atoms with Crippen LogP contribution in [0.5, 0.6) is 23.0 Å². The molecule has 3 aromatic carbocycles. The van der Waals surface area contributed by atoms with Crippen molar-refractivity contribution in [2.45, 2.75) is 296 Å². The van der Waals surface area contributed by atoms with Gasteiger partial charge in [0.25, 0.3) is 0 Å². The number of nitrogens with two attached hydrogens (primary N) is 12. The predicted molar refractivity (Wildman–Crippen MR) is 524 cm³/mol. The summed E-state index contributed by atoms with van der Waals surface area (Å²) in [6.45, 7) is 3.41. The first-order valence-electron chi connectivity index (χ1n) is 47.9. The zero-order chi connectivity index (χ0) is 102. The number of thioether (sulfide) groups is 2. The molecular weight excluding hydrogens is 1950 g/mol. The summed E-state index contributed by atoms with van der Waals surface area (Å²) in [6, 6.07) is 7.99. The largest absolute Gasteiger partial charge is 0.508 e. The molecule has 0 amide bonds. The summed E-state index contributed by atoms with van der Waals surface area (Å²) in [6.07, 6.45) is -33.6. The van der Waals surface area contributed by atoms with Crippen LogP contribution in [0, 0.1) is 5.92 Å². The maximum atomic E-state index is 13.8. The van der Waals surface area contributed by atoms with E-state index in [-0.39, 0.29) is 68.4 Å². The highest BCUT2D eigenvalue weighted by Gasteiger charge is 2.60. The molecule has 44 N–H and O–H groups in total. The molecule has 0 bridgehead atoms. The number of rotatable bonds is 44. The molecule has 796 valence electrons. The Morgan fingerprint density at radius 1 is 0.411 bits per heavy atom. The molecular formula is C88H145N19O29S5. The summed E-state index contributed by atoms with van der Waals surface area (Å²) in [4.78, 5) is 16.2. The van der Waals surface area contributed by atoms with Gasteiger partial charge >= 0.3 is 5.97 Å². The minimum atomic E-state index is -1.63. The van der Waals surface area contributed by atoms with Crippen molar-refractivity contribution in [3.63, 3.8) is 0 Å². The number of aromatic hydroxyl groups is 2. The molecule has 0 aromatic heterocycles. The smallest absolute Gasteiger partial charge is 0.314 e. The van der Waals surface area contributed by atoms with Crippen molar-refractivity contribution < 1.29 is 143 Å². The van der Waals surface area contributed by atoms with Gasteiger partial charge in [-0.2, -0.15) is 23.5 Å². The molecule has 1 spiro atoms. The van der Waals surface area contributed by atoms with Crippen LogP contribution in [0.4, 0.5) is 5.69 Å². The number of fused-ring (bicyclic) bond motifs is 4. The number of carbonyl (C=O) groups is 1. The highest BCUT2D eigenvalue weighted by Crippen LogP contribution is 2.58. The third kappa shape index (κ3) is 27.4. The molecule has 2 saturated carbocycles. The van der Waals surface area contributed by atoms with Crippen LogP contribution < -0.4 is 105 Å². The minimum Gasteiger partial charge on any atom is -0.508 e. The maximum absolute atomic E-state index is 13.8. The average molecular weight is 2090 g/mol. The van der Waals surface area contributed by atoms with E-state index in [1.807, 2.05) is 24.3 Å².